The van der Waals surface area contributed by atoms with Gasteiger partial charge in [-0.25, -0.2) is 4.79 Å². The van der Waals surface area contributed by atoms with Crippen LogP contribution < -0.4 is 10.4 Å². The first kappa shape index (κ1) is 19.8. The SMILES string of the molecule is C=CCn1c(SCc2cc(=O)oc3cc(O)ccc23)nnc1-c1ccc(OC)cc1. The lowest BCUT2D eigenvalue weighted by Gasteiger charge is -2.09. The Bertz CT molecular complexity index is 1260. The molecule has 7 nitrogen and oxygen atoms in total. The summed E-state index contributed by atoms with van der Waals surface area (Å²) in [5.74, 6) is 2.03. The molecule has 0 spiro atoms. The number of phenols is 1. The Kier molecular flexibility index (Phi) is 5.58. The van der Waals surface area contributed by atoms with Crippen LogP contribution in [0.15, 0.2) is 75.6 Å². The largest absolute Gasteiger partial charge is 0.508 e. The molecule has 0 radical (unpaired) electrons. The third-order valence-corrected chi connectivity index (χ3v) is 5.56. The number of hydrogen-bond donors (Lipinski definition) is 1. The minimum atomic E-state index is -0.463. The third-order valence-electron chi connectivity index (χ3n) is 4.55. The van der Waals surface area contributed by atoms with Crippen molar-refractivity contribution in [1.29, 1.82) is 0 Å². The molecule has 4 rings (SSSR count). The van der Waals surface area contributed by atoms with Crippen LogP contribution >= 0.6 is 11.8 Å². The predicted molar refractivity (Wildman–Crippen MR) is 116 cm³/mol. The molecule has 0 amide bonds. The minimum Gasteiger partial charge on any atom is -0.508 e. The van der Waals surface area contributed by atoms with Gasteiger partial charge in [-0.05, 0) is 42.0 Å². The summed E-state index contributed by atoms with van der Waals surface area (Å²) in [6.07, 6.45) is 1.79. The van der Waals surface area contributed by atoms with Crippen molar-refractivity contribution in [3.63, 3.8) is 0 Å². The number of nitrogens with zero attached hydrogens (tertiary/aromatic N) is 3. The molecule has 0 atom stereocenters. The van der Waals surface area contributed by atoms with Crippen LogP contribution in [-0.4, -0.2) is 27.0 Å². The minimum absolute atomic E-state index is 0.0466. The van der Waals surface area contributed by atoms with Crippen molar-refractivity contribution in [2.75, 3.05) is 7.11 Å². The Morgan fingerprint density at radius 2 is 2.00 bits per heavy atom. The molecule has 4 aromatic rings. The number of aromatic nitrogens is 3. The van der Waals surface area contributed by atoms with Crippen molar-refractivity contribution < 1.29 is 14.3 Å². The molecule has 0 saturated heterocycles. The molecule has 0 unspecified atom stereocenters. The molecule has 1 N–H and O–H groups in total. The van der Waals surface area contributed by atoms with Crippen LogP contribution in [0.2, 0.25) is 0 Å². The van der Waals surface area contributed by atoms with Gasteiger partial charge in [0, 0.05) is 35.4 Å². The lowest BCUT2D eigenvalue weighted by molar-refractivity contribution is 0.415. The van der Waals surface area contributed by atoms with Crippen LogP contribution in [0.1, 0.15) is 5.56 Å². The van der Waals surface area contributed by atoms with Crippen LogP contribution in [0, 0.1) is 0 Å². The number of aromatic hydroxyl groups is 1. The van der Waals surface area contributed by atoms with E-state index in [-0.39, 0.29) is 5.75 Å². The fourth-order valence-corrected chi connectivity index (χ4v) is 4.06. The van der Waals surface area contributed by atoms with E-state index in [0.29, 0.717) is 23.0 Å². The summed E-state index contributed by atoms with van der Waals surface area (Å²) in [5, 5.41) is 19.8. The van der Waals surface area contributed by atoms with E-state index in [2.05, 4.69) is 16.8 Å². The third kappa shape index (κ3) is 3.95. The van der Waals surface area contributed by atoms with Crippen LogP contribution in [0.3, 0.4) is 0 Å². The van der Waals surface area contributed by atoms with E-state index in [1.807, 2.05) is 28.8 Å². The number of fused-ring (bicyclic) bond motifs is 1. The second kappa shape index (κ2) is 8.46. The van der Waals surface area contributed by atoms with Gasteiger partial charge in [-0.3, -0.25) is 4.57 Å². The molecule has 30 heavy (non-hydrogen) atoms. The number of benzene rings is 2. The van der Waals surface area contributed by atoms with E-state index in [1.165, 1.54) is 23.9 Å². The van der Waals surface area contributed by atoms with Crippen molar-refractivity contribution in [3.8, 4) is 22.9 Å². The lowest BCUT2D eigenvalue weighted by Crippen LogP contribution is -2.02. The fraction of sp³-hybridized carbons (Fsp3) is 0.136. The molecule has 0 aliphatic rings. The molecule has 2 aromatic heterocycles. The standard InChI is InChI=1S/C22H19N3O4S/c1-3-10-25-21(14-4-7-17(28-2)8-5-14)23-24-22(25)30-13-15-11-20(27)29-19-12-16(26)6-9-18(15)19/h3-9,11-12,26H,1,10,13H2,2H3. The summed E-state index contributed by atoms with van der Waals surface area (Å²) in [4.78, 5) is 11.9. The van der Waals surface area contributed by atoms with Crippen molar-refractivity contribution >= 4 is 22.7 Å². The second-order valence-corrected chi connectivity index (χ2v) is 7.44. The van der Waals surface area contributed by atoms with E-state index in [1.54, 1.807) is 25.3 Å². The lowest BCUT2D eigenvalue weighted by atomic mass is 10.1. The number of phenolic OH excluding ortho intramolecular Hbond substituents is 1. The molecular formula is C22H19N3O4S. The van der Waals surface area contributed by atoms with E-state index in [4.69, 9.17) is 9.15 Å². The van der Waals surface area contributed by atoms with Crippen LogP contribution in [0.25, 0.3) is 22.4 Å². The number of ether oxygens (including phenoxy) is 1. The molecule has 8 heteroatoms. The summed E-state index contributed by atoms with van der Waals surface area (Å²) in [6.45, 7) is 4.38. The molecular weight excluding hydrogens is 402 g/mol. The Balaban J connectivity index is 1.65. The average Bonchev–Trinajstić information content (AvgIpc) is 3.14. The Morgan fingerprint density at radius 1 is 1.20 bits per heavy atom. The van der Waals surface area contributed by atoms with Gasteiger partial charge in [0.25, 0.3) is 0 Å². The smallest absolute Gasteiger partial charge is 0.336 e. The van der Waals surface area contributed by atoms with Gasteiger partial charge >= 0.3 is 5.63 Å². The van der Waals surface area contributed by atoms with Gasteiger partial charge in [0.05, 0.1) is 7.11 Å². The molecule has 0 aliphatic carbocycles. The fourth-order valence-electron chi connectivity index (χ4n) is 3.12. The summed E-state index contributed by atoms with van der Waals surface area (Å²) in [5.41, 5.74) is 1.60. The molecule has 2 heterocycles. The maximum atomic E-state index is 11.9. The maximum Gasteiger partial charge on any atom is 0.336 e. The van der Waals surface area contributed by atoms with Gasteiger partial charge in [-0.2, -0.15) is 0 Å². The zero-order valence-electron chi connectivity index (χ0n) is 16.2. The molecule has 2 aromatic carbocycles. The highest BCUT2D eigenvalue weighted by Crippen LogP contribution is 2.30. The van der Waals surface area contributed by atoms with Gasteiger partial charge in [-0.1, -0.05) is 17.8 Å². The van der Waals surface area contributed by atoms with Crippen molar-refractivity contribution in [2.45, 2.75) is 17.5 Å². The number of rotatable bonds is 7. The first-order chi connectivity index (χ1) is 14.6. The molecule has 0 fully saturated rings. The number of allylic oxidation sites excluding steroid dienone is 1. The van der Waals surface area contributed by atoms with E-state index >= 15 is 0 Å². The average molecular weight is 421 g/mol. The van der Waals surface area contributed by atoms with Gasteiger partial charge in [0.15, 0.2) is 11.0 Å². The van der Waals surface area contributed by atoms with Crippen molar-refractivity contribution in [2.24, 2.45) is 0 Å². The Labute approximate surface area is 176 Å². The predicted octanol–water partition coefficient (Wildman–Crippen LogP) is 4.24. The van der Waals surface area contributed by atoms with Gasteiger partial charge in [0.1, 0.15) is 17.1 Å². The zero-order chi connectivity index (χ0) is 21.1. The van der Waals surface area contributed by atoms with Gasteiger partial charge in [-0.15, -0.1) is 16.8 Å². The Hall–Kier alpha value is -3.52. The first-order valence-electron chi connectivity index (χ1n) is 9.16. The molecule has 0 saturated carbocycles. The number of thioether (sulfide) groups is 1. The highest BCUT2D eigenvalue weighted by molar-refractivity contribution is 7.98. The van der Waals surface area contributed by atoms with Crippen molar-refractivity contribution in [1.82, 2.24) is 14.8 Å². The first-order valence-corrected chi connectivity index (χ1v) is 10.1. The van der Waals surface area contributed by atoms with Gasteiger partial charge < -0.3 is 14.3 Å². The normalized spacial score (nSPS) is 11.0. The van der Waals surface area contributed by atoms with Crippen LogP contribution in [-0.2, 0) is 12.3 Å². The van der Waals surface area contributed by atoms with E-state index < -0.39 is 5.63 Å². The molecule has 0 aliphatic heterocycles. The Morgan fingerprint density at radius 3 is 2.73 bits per heavy atom. The molecule has 152 valence electrons. The molecule has 0 bridgehead atoms. The highest BCUT2D eigenvalue weighted by atomic mass is 32.2. The quantitative estimate of drug-likeness (QED) is 0.271. The zero-order valence-corrected chi connectivity index (χ0v) is 17.1. The van der Waals surface area contributed by atoms with E-state index in [0.717, 1.165) is 28.1 Å². The monoisotopic (exact) mass is 421 g/mol. The van der Waals surface area contributed by atoms with Crippen molar-refractivity contribution in [3.05, 3.63) is 77.2 Å². The van der Waals surface area contributed by atoms with Crippen LogP contribution in [0.4, 0.5) is 0 Å². The van der Waals surface area contributed by atoms with Gasteiger partial charge in [0.2, 0.25) is 0 Å². The summed E-state index contributed by atoms with van der Waals surface area (Å²) in [7, 11) is 1.62. The summed E-state index contributed by atoms with van der Waals surface area (Å²) >= 11 is 1.46. The van der Waals surface area contributed by atoms with Crippen LogP contribution in [0.5, 0.6) is 11.5 Å². The highest BCUT2D eigenvalue weighted by Gasteiger charge is 2.15. The second-order valence-electron chi connectivity index (χ2n) is 6.49. The number of hydrogen-bond acceptors (Lipinski definition) is 7. The number of methoxy groups -OCH3 is 1. The summed E-state index contributed by atoms with van der Waals surface area (Å²) < 4.78 is 12.4. The summed E-state index contributed by atoms with van der Waals surface area (Å²) in [6, 6.07) is 13.8. The van der Waals surface area contributed by atoms with E-state index in [9.17, 15) is 9.90 Å². The maximum absolute atomic E-state index is 11.9. The topological polar surface area (TPSA) is 90.4 Å².